The molecule has 14 heteroatoms. The molecule has 3 rings (SSSR count). The van der Waals surface area contributed by atoms with Crippen molar-refractivity contribution in [1.29, 1.82) is 0 Å². The van der Waals surface area contributed by atoms with Crippen LogP contribution in [0.5, 0.6) is 0 Å². The summed E-state index contributed by atoms with van der Waals surface area (Å²) < 4.78 is 80.4. The quantitative estimate of drug-likeness (QED) is 0.373. The van der Waals surface area contributed by atoms with Crippen LogP contribution in [-0.2, 0) is 25.0 Å². The van der Waals surface area contributed by atoms with Crippen LogP contribution in [0.15, 0.2) is 27.9 Å². The molecule has 1 unspecified atom stereocenters. The number of rotatable bonds is 7. The van der Waals surface area contributed by atoms with E-state index in [1.165, 1.54) is 0 Å². The third-order valence-corrected chi connectivity index (χ3v) is 5.15. The maximum Gasteiger partial charge on any atom is 0.472 e. The standard InChI is InChI=1S/C16H15F4N2O7P.H2/c17-10-4-12(19)11(18)3-8(10)6-27-30(25,26)28-7-9-1-2-14(29-9)22-5-13(20)15(23)21-16(22)24;/h3-5,9,14H,1-2,6-7H2,(H,25,26)(H,21,23,24);1H/t9-,14+;/m0./s1. The van der Waals surface area contributed by atoms with Crippen LogP contribution >= 0.6 is 7.82 Å². The SMILES string of the molecule is O=c1[nH]c(=O)n([C@H]2CC[C@@H](COP(=O)(O)OCc3cc(F)c(F)cc3F)O2)cc1F.[HH]. The summed E-state index contributed by atoms with van der Waals surface area (Å²) in [5, 5.41) is 0. The van der Waals surface area contributed by atoms with Gasteiger partial charge in [-0.25, -0.2) is 22.5 Å². The van der Waals surface area contributed by atoms with Crippen molar-refractivity contribution in [2.45, 2.75) is 31.8 Å². The number of hydrogen-bond donors (Lipinski definition) is 2. The van der Waals surface area contributed by atoms with E-state index in [1.54, 1.807) is 4.98 Å². The molecule has 2 heterocycles. The van der Waals surface area contributed by atoms with Crippen molar-refractivity contribution in [2.75, 3.05) is 6.61 Å². The fourth-order valence-corrected chi connectivity index (χ4v) is 3.46. The van der Waals surface area contributed by atoms with Crippen LogP contribution in [0.1, 0.15) is 26.1 Å². The Morgan fingerprint density at radius 2 is 1.83 bits per heavy atom. The number of nitrogens with zero attached hydrogens (tertiary/aromatic N) is 1. The summed E-state index contributed by atoms with van der Waals surface area (Å²) in [4.78, 5) is 34.2. The molecule has 1 aliphatic rings. The summed E-state index contributed by atoms with van der Waals surface area (Å²) in [7, 11) is -4.71. The second-order valence-electron chi connectivity index (χ2n) is 6.33. The second-order valence-corrected chi connectivity index (χ2v) is 7.78. The number of aromatic amines is 1. The summed E-state index contributed by atoms with van der Waals surface area (Å²) in [5.41, 5.74) is -2.56. The fraction of sp³-hybridized carbons (Fsp3) is 0.375. The Morgan fingerprint density at radius 3 is 2.57 bits per heavy atom. The van der Waals surface area contributed by atoms with Gasteiger partial charge in [0.1, 0.15) is 12.0 Å². The van der Waals surface area contributed by atoms with Gasteiger partial charge in [0.05, 0.1) is 25.5 Å². The van der Waals surface area contributed by atoms with Crippen molar-refractivity contribution in [1.82, 2.24) is 9.55 Å². The molecular formula is C16H17F4N2O7P. The lowest BCUT2D eigenvalue weighted by Crippen LogP contribution is -2.34. The van der Waals surface area contributed by atoms with Gasteiger partial charge < -0.3 is 9.63 Å². The average molecular weight is 456 g/mol. The number of hydrogen-bond acceptors (Lipinski definition) is 6. The number of phosphoric ester groups is 1. The van der Waals surface area contributed by atoms with Gasteiger partial charge in [0, 0.05) is 13.1 Å². The van der Waals surface area contributed by atoms with Gasteiger partial charge in [0.25, 0.3) is 5.56 Å². The fourth-order valence-electron chi connectivity index (χ4n) is 2.73. The number of benzene rings is 1. The van der Waals surface area contributed by atoms with Gasteiger partial charge in [-0.05, 0) is 18.9 Å². The molecule has 1 fully saturated rings. The highest BCUT2D eigenvalue weighted by Gasteiger charge is 2.31. The molecule has 0 amide bonds. The normalized spacial score (nSPS) is 21.0. The Morgan fingerprint density at radius 1 is 1.13 bits per heavy atom. The molecule has 2 aromatic rings. The molecule has 3 atom stereocenters. The van der Waals surface area contributed by atoms with Crippen molar-refractivity contribution in [3.8, 4) is 0 Å². The minimum atomic E-state index is -4.71. The van der Waals surface area contributed by atoms with Crippen molar-refractivity contribution in [3.63, 3.8) is 0 Å². The lowest BCUT2D eigenvalue weighted by Gasteiger charge is -2.17. The first kappa shape index (κ1) is 22.4. The van der Waals surface area contributed by atoms with E-state index < -0.39 is 73.4 Å². The summed E-state index contributed by atoms with van der Waals surface area (Å²) in [6.45, 7) is -1.33. The molecule has 1 saturated heterocycles. The minimum absolute atomic E-state index is 0. The first-order chi connectivity index (χ1) is 14.1. The highest BCUT2D eigenvalue weighted by molar-refractivity contribution is 7.47. The van der Waals surface area contributed by atoms with Crippen LogP contribution in [0.4, 0.5) is 17.6 Å². The van der Waals surface area contributed by atoms with Gasteiger partial charge in [-0.2, -0.15) is 4.39 Å². The smallest absolute Gasteiger partial charge is 0.352 e. The van der Waals surface area contributed by atoms with Gasteiger partial charge in [-0.1, -0.05) is 0 Å². The number of phosphoric acid groups is 1. The molecule has 0 saturated carbocycles. The zero-order valence-corrected chi connectivity index (χ0v) is 15.9. The Hall–Kier alpha value is -2.31. The molecule has 1 aromatic carbocycles. The van der Waals surface area contributed by atoms with Crippen LogP contribution in [-0.4, -0.2) is 27.2 Å². The van der Waals surface area contributed by atoms with E-state index in [-0.39, 0.29) is 20.3 Å². The Labute approximate surface area is 166 Å². The number of halogens is 4. The topological polar surface area (TPSA) is 120 Å². The summed E-state index contributed by atoms with van der Waals surface area (Å²) >= 11 is 0. The van der Waals surface area contributed by atoms with Crippen molar-refractivity contribution >= 4 is 7.82 Å². The Bertz CT molecular complexity index is 1110. The summed E-state index contributed by atoms with van der Waals surface area (Å²) in [6.07, 6.45) is -0.550. The van der Waals surface area contributed by atoms with Gasteiger partial charge in [-0.15, -0.1) is 0 Å². The van der Waals surface area contributed by atoms with E-state index in [1.807, 2.05) is 0 Å². The molecule has 1 aromatic heterocycles. The van der Waals surface area contributed by atoms with Gasteiger partial charge >= 0.3 is 13.5 Å². The molecule has 0 bridgehead atoms. The monoisotopic (exact) mass is 456 g/mol. The third-order valence-electron chi connectivity index (χ3n) is 4.22. The maximum absolute atomic E-state index is 13.5. The first-order valence-electron chi connectivity index (χ1n) is 8.47. The van der Waals surface area contributed by atoms with Gasteiger partial charge in [0.15, 0.2) is 11.6 Å². The Kier molecular flexibility index (Phi) is 6.58. The molecule has 9 nitrogen and oxygen atoms in total. The van der Waals surface area contributed by atoms with E-state index in [0.29, 0.717) is 12.3 Å². The van der Waals surface area contributed by atoms with E-state index in [9.17, 15) is 36.6 Å². The van der Waals surface area contributed by atoms with E-state index >= 15 is 0 Å². The molecule has 1 aliphatic heterocycles. The average Bonchev–Trinajstić information content (AvgIpc) is 3.14. The molecular weight excluding hydrogens is 439 g/mol. The van der Waals surface area contributed by atoms with Crippen LogP contribution < -0.4 is 11.2 Å². The lowest BCUT2D eigenvalue weighted by molar-refractivity contribution is -0.0267. The number of aromatic nitrogens is 2. The van der Waals surface area contributed by atoms with Crippen LogP contribution in [0.25, 0.3) is 0 Å². The van der Waals surface area contributed by atoms with Crippen molar-refractivity contribution in [3.05, 3.63) is 68.0 Å². The van der Waals surface area contributed by atoms with E-state index in [4.69, 9.17) is 9.26 Å². The zero-order valence-electron chi connectivity index (χ0n) is 15.0. The predicted molar refractivity (Wildman–Crippen MR) is 93.4 cm³/mol. The highest BCUT2D eigenvalue weighted by Crippen LogP contribution is 2.45. The van der Waals surface area contributed by atoms with Gasteiger partial charge in [0.2, 0.25) is 5.82 Å². The molecule has 0 spiro atoms. The minimum Gasteiger partial charge on any atom is -0.352 e. The van der Waals surface area contributed by atoms with Crippen molar-refractivity contribution < 1.29 is 42.2 Å². The number of H-pyrrole nitrogens is 1. The van der Waals surface area contributed by atoms with Crippen LogP contribution in [0.3, 0.4) is 0 Å². The van der Waals surface area contributed by atoms with Crippen molar-refractivity contribution in [2.24, 2.45) is 0 Å². The Balaban J connectivity index is 0.00000341. The maximum atomic E-state index is 13.5. The lowest BCUT2D eigenvalue weighted by atomic mass is 10.2. The predicted octanol–water partition coefficient (Wildman–Crippen LogP) is 2.35. The molecule has 2 N–H and O–H groups in total. The number of nitrogens with one attached hydrogen (secondary N) is 1. The number of ether oxygens (including phenoxy) is 1. The highest BCUT2D eigenvalue weighted by atomic mass is 31.2. The summed E-state index contributed by atoms with van der Waals surface area (Å²) in [6, 6.07) is 0.752. The second kappa shape index (κ2) is 8.82. The molecule has 166 valence electrons. The van der Waals surface area contributed by atoms with E-state index in [0.717, 1.165) is 4.57 Å². The van der Waals surface area contributed by atoms with Crippen LogP contribution in [0.2, 0.25) is 0 Å². The molecule has 0 aliphatic carbocycles. The zero-order chi connectivity index (χ0) is 22.1. The molecule has 0 radical (unpaired) electrons. The third kappa shape index (κ3) is 5.24. The van der Waals surface area contributed by atoms with E-state index in [2.05, 4.69) is 4.52 Å². The largest absolute Gasteiger partial charge is 0.472 e. The first-order valence-corrected chi connectivity index (χ1v) is 9.97. The molecule has 30 heavy (non-hydrogen) atoms. The van der Waals surface area contributed by atoms with Gasteiger partial charge in [-0.3, -0.25) is 23.4 Å². The van der Waals surface area contributed by atoms with Crippen LogP contribution in [0, 0.1) is 23.3 Å². The summed E-state index contributed by atoms with van der Waals surface area (Å²) in [5.74, 6) is -5.14.